The molecule has 1 aromatic heterocycles. The molecule has 0 atom stereocenters. The van der Waals surface area contributed by atoms with E-state index in [0.717, 1.165) is 56.8 Å². The van der Waals surface area contributed by atoms with Crippen molar-refractivity contribution in [3.05, 3.63) is 48.1 Å². The van der Waals surface area contributed by atoms with Crippen LogP contribution in [0.1, 0.15) is 49.1 Å². The Morgan fingerprint density at radius 2 is 1.59 bits per heavy atom. The zero-order valence-electron chi connectivity index (χ0n) is 17.3. The minimum absolute atomic E-state index is 0.148. The zero-order valence-corrected chi connectivity index (χ0v) is 17.3. The van der Waals surface area contributed by atoms with E-state index in [0.29, 0.717) is 23.6 Å². The molecule has 0 bridgehead atoms. The molecule has 2 amide bonds. The Morgan fingerprint density at radius 3 is 2.06 bits per heavy atom. The number of carbonyl (C=O) groups is 3. The number of likely N-dealkylation sites (tertiary alicyclic amines) is 1. The van der Waals surface area contributed by atoms with Gasteiger partial charge in [0.05, 0.1) is 5.92 Å². The van der Waals surface area contributed by atoms with Gasteiger partial charge in [-0.2, -0.15) is 0 Å². The maximum absolute atomic E-state index is 13.0. The summed E-state index contributed by atoms with van der Waals surface area (Å²) >= 11 is 0. The van der Waals surface area contributed by atoms with E-state index < -0.39 is 23.5 Å². The number of benzene rings is 1. The van der Waals surface area contributed by atoms with Crippen LogP contribution in [0.4, 0.5) is 8.78 Å². The maximum Gasteiger partial charge on any atom is 0.306 e. The van der Waals surface area contributed by atoms with Gasteiger partial charge in [0.25, 0.3) is 5.91 Å². The smallest absolute Gasteiger partial charge is 0.306 e. The van der Waals surface area contributed by atoms with Crippen molar-refractivity contribution < 1.29 is 28.3 Å². The molecule has 0 radical (unpaired) electrons. The second kappa shape index (κ2) is 10.3. The van der Waals surface area contributed by atoms with Gasteiger partial charge in [-0.1, -0.05) is 0 Å². The van der Waals surface area contributed by atoms with Crippen LogP contribution in [0.25, 0.3) is 11.1 Å². The summed E-state index contributed by atoms with van der Waals surface area (Å²) in [6.45, 7) is 0.876. The highest BCUT2D eigenvalue weighted by Crippen LogP contribution is 2.30. The van der Waals surface area contributed by atoms with E-state index >= 15 is 0 Å². The summed E-state index contributed by atoms with van der Waals surface area (Å²) in [5.41, 5.74) is 5.65. The largest absolute Gasteiger partial charge is 0.481 e. The Labute approximate surface area is 183 Å². The van der Waals surface area contributed by atoms with Gasteiger partial charge in [-0.05, 0) is 49.8 Å². The minimum Gasteiger partial charge on any atom is -0.481 e. The first-order chi connectivity index (χ1) is 15.2. The highest BCUT2D eigenvalue weighted by molar-refractivity contribution is 5.88. The summed E-state index contributed by atoms with van der Waals surface area (Å²) in [4.78, 5) is 42.3. The topological polar surface area (TPSA) is 126 Å². The van der Waals surface area contributed by atoms with Crippen molar-refractivity contribution in [3.8, 4) is 11.1 Å². The van der Waals surface area contributed by atoms with Crippen LogP contribution in [0.3, 0.4) is 0 Å². The number of carboxylic acid groups (broad SMARTS) is 1. The predicted molar refractivity (Wildman–Crippen MR) is 110 cm³/mol. The molecule has 2 aliphatic rings. The molecule has 3 N–H and O–H groups in total. The Hall–Kier alpha value is -3.43. The fourth-order valence-electron chi connectivity index (χ4n) is 4.01. The van der Waals surface area contributed by atoms with E-state index in [2.05, 4.69) is 9.97 Å². The summed E-state index contributed by atoms with van der Waals surface area (Å²) in [6.07, 6.45) is 7.39. The van der Waals surface area contributed by atoms with Crippen molar-refractivity contribution in [3.63, 3.8) is 0 Å². The number of hydrogen-bond donors (Lipinski definition) is 2. The molecular formula is C22H24F2N4O4. The van der Waals surface area contributed by atoms with Crippen LogP contribution in [0.5, 0.6) is 0 Å². The number of halogens is 2. The third kappa shape index (κ3) is 5.83. The van der Waals surface area contributed by atoms with E-state index in [1.165, 1.54) is 12.4 Å². The van der Waals surface area contributed by atoms with Gasteiger partial charge in [-0.15, -0.1) is 0 Å². The zero-order chi connectivity index (χ0) is 23.3. The van der Waals surface area contributed by atoms with Gasteiger partial charge < -0.3 is 15.7 Å². The van der Waals surface area contributed by atoms with E-state index in [9.17, 15) is 23.2 Å². The number of rotatable bonds is 4. The van der Waals surface area contributed by atoms with Crippen LogP contribution in [-0.4, -0.2) is 50.3 Å². The van der Waals surface area contributed by atoms with Crippen molar-refractivity contribution >= 4 is 17.8 Å². The van der Waals surface area contributed by atoms with Gasteiger partial charge in [0, 0.05) is 43.0 Å². The van der Waals surface area contributed by atoms with E-state index in [4.69, 9.17) is 10.8 Å². The van der Waals surface area contributed by atoms with E-state index in [1.807, 2.05) is 4.90 Å². The van der Waals surface area contributed by atoms with Crippen LogP contribution in [0, 0.1) is 17.6 Å². The molecule has 0 unspecified atom stereocenters. The van der Waals surface area contributed by atoms with Gasteiger partial charge in [0.1, 0.15) is 11.6 Å². The molecule has 1 aromatic carbocycles. The van der Waals surface area contributed by atoms with Crippen molar-refractivity contribution in [1.29, 1.82) is 0 Å². The summed E-state index contributed by atoms with van der Waals surface area (Å²) in [5, 5.41) is 8.86. The Balaban J connectivity index is 0.000000182. The van der Waals surface area contributed by atoms with Gasteiger partial charge in [0.2, 0.25) is 11.7 Å². The van der Waals surface area contributed by atoms with Gasteiger partial charge >= 0.3 is 5.97 Å². The number of nitrogens with zero attached hydrogens (tertiary/aromatic N) is 3. The third-order valence-electron chi connectivity index (χ3n) is 5.66. The number of carboxylic acids is 1. The third-order valence-corrected chi connectivity index (χ3v) is 5.66. The molecule has 2 aromatic rings. The number of nitrogens with two attached hydrogens (primary N) is 1. The first-order valence-electron chi connectivity index (χ1n) is 10.3. The molecule has 0 spiro atoms. The molecule has 10 heteroatoms. The lowest BCUT2D eigenvalue weighted by Crippen LogP contribution is -2.39. The number of amides is 2. The van der Waals surface area contributed by atoms with Gasteiger partial charge in [-0.25, -0.2) is 18.7 Å². The first-order valence-corrected chi connectivity index (χ1v) is 10.3. The Morgan fingerprint density at radius 1 is 1.00 bits per heavy atom. The van der Waals surface area contributed by atoms with Crippen molar-refractivity contribution in [2.45, 2.75) is 44.6 Å². The van der Waals surface area contributed by atoms with Crippen LogP contribution in [0.15, 0.2) is 30.6 Å². The summed E-state index contributed by atoms with van der Waals surface area (Å²) in [6, 6.07) is 3.37. The van der Waals surface area contributed by atoms with Crippen molar-refractivity contribution in [2.75, 3.05) is 6.54 Å². The molecular weight excluding hydrogens is 422 g/mol. The van der Waals surface area contributed by atoms with Crippen LogP contribution in [0.2, 0.25) is 0 Å². The maximum atomic E-state index is 13.0. The molecule has 1 saturated heterocycles. The van der Waals surface area contributed by atoms with Crippen LogP contribution >= 0.6 is 0 Å². The quantitative estimate of drug-likeness (QED) is 0.744. The molecule has 1 saturated carbocycles. The normalized spacial score (nSPS) is 20.4. The monoisotopic (exact) mass is 446 g/mol. The second-order valence-corrected chi connectivity index (χ2v) is 7.85. The number of primary amides is 1. The fraction of sp³-hybridized carbons (Fsp3) is 0.409. The summed E-state index contributed by atoms with van der Waals surface area (Å²) in [7, 11) is 0. The molecule has 4 rings (SSSR count). The molecule has 1 aliphatic carbocycles. The summed E-state index contributed by atoms with van der Waals surface area (Å²) < 4.78 is 25.9. The molecule has 8 nitrogen and oxygen atoms in total. The van der Waals surface area contributed by atoms with Gasteiger partial charge in [-0.3, -0.25) is 14.4 Å². The molecule has 170 valence electrons. The average molecular weight is 446 g/mol. The van der Waals surface area contributed by atoms with Crippen molar-refractivity contribution in [2.24, 2.45) is 11.7 Å². The van der Waals surface area contributed by atoms with E-state index in [1.54, 1.807) is 0 Å². The molecule has 2 fully saturated rings. The number of hydrogen-bond acceptors (Lipinski definition) is 5. The molecule has 32 heavy (non-hydrogen) atoms. The average Bonchev–Trinajstić information content (AvgIpc) is 3.19. The number of carbonyl (C=O) groups excluding carboxylic acids is 2. The SMILES string of the molecule is NC(=O)c1ncc(-c2cc(F)cc(F)c2)cn1.O=C1CCCN1[C@H]1CC[C@@H](C(=O)O)CC1. The van der Waals surface area contributed by atoms with Crippen LogP contribution < -0.4 is 5.73 Å². The van der Waals surface area contributed by atoms with Crippen molar-refractivity contribution in [1.82, 2.24) is 14.9 Å². The van der Waals surface area contributed by atoms with E-state index in [-0.39, 0.29) is 17.6 Å². The predicted octanol–water partition coefficient (Wildman–Crippen LogP) is 2.77. The second-order valence-electron chi connectivity index (χ2n) is 7.85. The fourth-order valence-corrected chi connectivity index (χ4v) is 4.01. The first kappa shape index (κ1) is 23.2. The standard InChI is InChI=1S/C11H7F2N3O.C11H17NO3/c12-8-1-6(2-9(13)3-8)7-4-15-11(10(14)17)16-5-7;13-10-2-1-7-12(10)9-5-3-8(4-6-9)11(14)15/h1-5H,(H2,14,17);8-9H,1-7H2,(H,14,15)/t;8-,9+. The highest BCUT2D eigenvalue weighted by atomic mass is 19.1. The lowest BCUT2D eigenvalue weighted by atomic mass is 9.85. The van der Waals surface area contributed by atoms with Gasteiger partial charge in [0.15, 0.2) is 0 Å². The van der Waals surface area contributed by atoms with Crippen LogP contribution in [-0.2, 0) is 9.59 Å². The minimum atomic E-state index is -0.762. The lowest BCUT2D eigenvalue weighted by molar-refractivity contribution is -0.143. The lowest BCUT2D eigenvalue weighted by Gasteiger charge is -2.33. The Bertz CT molecular complexity index is 972. The Kier molecular flexibility index (Phi) is 7.45. The highest BCUT2D eigenvalue weighted by Gasteiger charge is 2.33. The number of aromatic nitrogens is 2. The molecule has 2 heterocycles. The number of aliphatic carboxylic acids is 1. The summed E-state index contributed by atoms with van der Waals surface area (Å²) in [5.74, 6) is -2.90. The molecule has 1 aliphatic heterocycles.